The maximum Gasteiger partial charge on any atom is 0.257 e. The van der Waals surface area contributed by atoms with Crippen LogP contribution in [0.4, 0.5) is 10.2 Å². The fourth-order valence-corrected chi connectivity index (χ4v) is 4.08. The summed E-state index contributed by atoms with van der Waals surface area (Å²) < 4.78 is 15.0. The Kier molecular flexibility index (Phi) is 5.95. The molecule has 1 saturated heterocycles. The number of anilines is 1. The molecule has 0 aliphatic carbocycles. The maximum absolute atomic E-state index is 13.3. The van der Waals surface area contributed by atoms with Crippen LogP contribution < -0.4 is 4.90 Å². The van der Waals surface area contributed by atoms with E-state index in [0.717, 1.165) is 28.7 Å². The second kappa shape index (κ2) is 8.68. The molecule has 168 valence electrons. The summed E-state index contributed by atoms with van der Waals surface area (Å²) in [4.78, 5) is 26.7. The van der Waals surface area contributed by atoms with E-state index in [9.17, 15) is 9.18 Å². The van der Waals surface area contributed by atoms with Crippen molar-refractivity contribution < 1.29 is 9.18 Å². The van der Waals surface area contributed by atoms with Gasteiger partial charge in [-0.2, -0.15) is 5.10 Å². The first-order chi connectivity index (χ1) is 15.2. The summed E-state index contributed by atoms with van der Waals surface area (Å²) in [5.41, 5.74) is 3.73. The highest BCUT2D eigenvalue weighted by atomic mass is 19.1. The van der Waals surface area contributed by atoms with Gasteiger partial charge in [-0.1, -0.05) is 13.8 Å². The fourth-order valence-electron chi connectivity index (χ4n) is 4.08. The van der Waals surface area contributed by atoms with Crippen molar-refractivity contribution in [2.75, 3.05) is 31.1 Å². The van der Waals surface area contributed by atoms with Gasteiger partial charge in [-0.3, -0.25) is 4.79 Å². The number of nitrogens with zero attached hydrogens (tertiary/aromatic N) is 6. The normalized spacial score (nSPS) is 14.3. The van der Waals surface area contributed by atoms with Gasteiger partial charge in [0, 0.05) is 43.9 Å². The van der Waals surface area contributed by atoms with Crippen LogP contribution in [-0.4, -0.2) is 56.7 Å². The number of hydrogen-bond acceptors (Lipinski definition) is 5. The number of hydrogen-bond donors (Lipinski definition) is 0. The Morgan fingerprint density at radius 3 is 2.28 bits per heavy atom. The number of carbonyl (C=O) groups is 1. The summed E-state index contributed by atoms with van der Waals surface area (Å²) in [6.07, 6.45) is 0. The molecule has 3 aromatic rings. The van der Waals surface area contributed by atoms with Crippen molar-refractivity contribution in [1.82, 2.24) is 24.6 Å². The molecule has 8 heteroatoms. The van der Waals surface area contributed by atoms with E-state index >= 15 is 0 Å². The summed E-state index contributed by atoms with van der Waals surface area (Å²) in [7, 11) is 0. The van der Waals surface area contributed by atoms with Crippen molar-refractivity contribution in [1.29, 1.82) is 0 Å². The van der Waals surface area contributed by atoms with Gasteiger partial charge in [0.25, 0.3) is 5.91 Å². The second-order valence-electron chi connectivity index (χ2n) is 8.59. The molecule has 3 heterocycles. The van der Waals surface area contributed by atoms with Crippen molar-refractivity contribution in [3.8, 4) is 5.69 Å². The van der Waals surface area contributed by atoms with Crippen molar-refractivity contribution in [3.63, 3.8) is 0 Å². The van der Waals surface area contributed by atoms with Gasteiger partial charge < -0.3 is 9.80 Å². The molecule has 32 heavy (non-hydrogen) atoms. The summed E-state index contributed by atoms with van der Waals surface area (Å²) in [6.45, 7) is 12.5. The molecule has 0 bridgehead atoms. The topological polar surface area (TPSA) is 67.2 Å². The number of carbonyl (C=O) groups excluding carboxylic acids is 1. The predicted molar refractivity (Wildman–Crippen MR) is 122 cm³/mol. The van der Waals surface area contributed by atoms with Crippen LogP contribution in [0.25, 0.3) is 5.69 Å². The highest BCUT2D eigenvalue weighted by molar-refractivity contribution is 5.96. The number of benzene rings is 1. The Balaban J connectivity index is 1.50. The van der Waals surface area contributed by atoms with Crippen LogP contribution in [0.15, 0.2) is 30.3 Å². The van der Waals surface area contributed by atoms with Gasteiger partial charge in [-0.05, 0) is 45.0 Å². The third-order valence-corrected chi connectivity index (χ3v) is 5.84. The van der Waals surface area contributed by atoms with Crippen LogP contribution in [0.1, 0.15) is 53.0 Å². The first-order valence-electron chi connectivity index (χ1n) is 11.0. The quantitative estimate of drug-likeness (QED) is 0.622. The SMILES string of the molecule is Cc1cc(N2CCN(C(=O)c3c(C)nn(-c4ccc(F)cc4)c3C)CC2)nc(C(C)C)n1. The van der Waals surface area contributed by atoms with Gasteiger partial charge in [0.1, 0.15) is 17.5 Å². The Labute approximate surface area is 187 Å². The van der Waals surface area contributed by atoms with Crippen molar-refractivity contribution in [2.24, 2.45) is 0 Å². The highest BCUT2D eigenvalue weighted by Gasteiger charge is 2.28. The molecule has 1 aliphatic rings. The number of rotatable bonds is 4. The number of halogens is 1. The number of aryl methyl sites for hydroxylation is 2. The molecule has 1 aliphatic heterocycles. The molecule has 1 fully saturated rings. The molecule has 0 unspecified atom stereocenters. The van der Waals surface area contributed by atoms with E-state index in [1.807, 2.05) is 31.7 Å². The Morgan fingerprint density at radius 2 is 1.66 bits per heavy atom. The lowest BCUT2D eigenvalue weighted by atomic mass is 10.1. The van der Waals surface area contributed by atoms with Crippen molar-refractivity contribution >= 4 is 11.7 Å². The van der Waals surface area contributed by atoms with Crippen LogP contribution in [0, 0.1) is 26.6 Å². The number of aromatic nitrogens is 4. The minimum atomic E-state index is -0.302. The van der Waals surface area contributed by atoms with E-state index < -0.39 is 0 Å². The van der Waals surface area contributed by atoms with Gasteiger partial charge in [0.15, 0.2) is 0 Å². The smallest absolute Gasteiger partial charge is 0.257 e. The van der Waals surface area contributed by atoms with Crippen LogP contribution in [-0.2, 0) is 0 Å². The molecule has 4 rings (SSSR count). The Bertz CT molecular complexity index is 1130. The Morgan fingerprint density at radius 1 is 1.00 bits per heavy atom. The van der Waals surface area contributed by atoms with Gasteiger partial charge in [-0.25, -0.2) is 19.0 Å². The lowest BCUT2D eigenvalue weighted by molar-refractivity contribution is 0.0745. The summed E-state index contributed by atoms with van der Waals surface area (Å²) in [6, 6.07) is 8.12. The van der Waals surface area contributed by atoms with Gasteiger partial charge >= 0.3 is 0 Å². The highest BCUT2D eigenvalue weighted by Crippen LogP contribution is 2.23. The van der Waals surface area contributed by atoms with E-state index in [1.54, 1.807) is 16.8 Å². The van der Waals surface area contributed by atoms with E-state index in [4.69, 9.17) is 4.98 Å². The number of amides is 1. The molecule has 1 aromatic carbocycles. The van der Waals surface area contributed by atoms with Gasteiger partial charge in [0.2, 0.25) is 0 Å². The predicted octanol–water partition coefficient (Wildman–Crippen LogP) is 3.81. The van der Waals surface area contributed by atoms with Gasteiger partial charge in [-0.15, -0.1) is 0 Å². The zero-order valence-electron chi connectivity index (χ0n) is 19.3. The third kappa shape index (κ3) is 4.22. The van der Waals surface area contributed by atoms with Crippen molar-refractivity contribution in [3.05, 3.63) is 64.6 Å². The molecule has 0 spiro atoms. The maximum atomic E-state index is 13.3. The van der Waals surface area contributed by atoms with Crippen LogP contribution in [0.2, 0.25) is 0 Å². The molecule has 7 nitrogen and oxygen atoms in total. The average molecular weight is 437 g/mol. The lowest BCUT2D eigenvalue weighted by Crippen LogP contribution is -2.49. The molecule has 2 aromatic heterocycles. The van der Waals surface area contributed by atoms with Crippen LogP contribution >= 0.6 is 0 Å². The summed E-state index contributed by atoms with van der Waals surface area (Å²) in [5.74, 6) is 1.71. The Hall–Kier alpha value is -3.29. The van der Waals surface area contributed by atoms with Gasteiger partial charge in [0.05, 0.1) is 22.6 Å². The monoisotopic (exact) mass is 436 g/mol. The van der Waals surface area contributed by atoms with E-state index in [0.29, 0.717) is 37.4 Å². The fraction of sp³-hybridized carbons (Fsp3) is 0.417. The average Bonchev–Trinajstić information content (AvgIpc) is 3.07. The van der Waals surface area contributed by atoms with Crippen LogP contribution in [0.5, 0.6) is 0 Å². The number of piperazine rings is 1. The lowest BCUT2D eigenvalue weighted by Gasteiger charge is -2.35. The first-order valence-corrected chi connectivity index (χ1v) is 11.0. The molecule has 0 radical (unpaired) electrons. The molecular formula is C24H29FN6O. The standard InChI is InChI=1S/C24H29FN6O/c1-15(2)23-26-16(3)14-21(27-23)29-10-12-30(13-11-29)24(32)22-17(4)28-31(18(22)5)20-8-6-19(25)7-9-20/h6-9,14-15H,10-13H2,1-5H3. The molecule has 0 atom stereocenters. The van der Waals surface area contributed by atoms with E-state index in [2.05, 4.69) is 28.8 Å². The largest absolute Gasteiger partial charge is 0.353 e. The van der Waals surface area contributed by atoms with E-state index in [-0.39, 0.29) is 17.6 Å². The molecule has 0 saturated carbocycles. The minimum absolute atomic E-state index is 0.0188. The zero-order valence-corrected chi connectivity index (χ0v) is 19.3. The molecule has 1 amide bonds. The van der Waals surface area contributed by atoms with E-state index in [1.165, 1.54) is 12.1 Å². The molecule has 0 N–H and O–H groups in total. The van der Waals surface area contributed by atoms with Crippen LogP contribution in [0.3, 0.4) is 0 Å². The summed E-state index contributed by atoms with van der Waals surface area (Å²) >= 11 is 0. The van der Waals surface area contributed by atoms with Crippen molar-refractivity contribution in [2.45, 2.75) is 40.5 Å². The third-order valence-electron chi connectivity index (χ3n) is 5.84. The second-order valence-corrected chi connectivity index (χ2v) is 8.59. The first kappa shape index (κ1) is 21.9. The zero-order chi connectivity index (χ0) is 23.0. The minimum Gasteiger partial charge on any atom is -0.353 e. The molecular weight excluding hydrogens is 407 g/mol. The summed E-state index contributed by atoms with van der Waals surface area (Å²) in [5, 5.41) is 4.54.